The van der Waals surface area contributed by atoms with Gasteiger partial charge < -0.3 is 10.0 Å². The molecule has 1 fully saturated rings. The van der Waals surface area contributed by atoms with Gasteiger partial charge in [-0.25, -0.2) is 9.97 Å². The van der Waals surface area contributed by atoms with Crippen molar-refractivity contribution < 1.29 is 18.3 Å². The fourth-order valence-electron chi connectivity index (χ4n) is 1.58. The molecule has 1 saturated carbocycles. The molecule has 0 atom stereocenters. The average molecular weight is 247 g/mol. The number of halogens is 3. The first kappa shape index (κ1) is 12.1. The summed E-state index contributed by atoms with van der Waals surface area (Å²) in [5.41, 5.74) is -0.953. The number of hydrogen-bond donors (Lipinski definition) is 1. The van der Waals surface area contributed by atoms with Crippen LogP contribution in [0.1, 0.15) is 18.5 Å². The number of anilines is 1. The van der Waals surface area contributed by atoms with Crippen LogP contribution in [0, 0.1) is 0 Å². The molecular formula is C10H12F3N3O. The van der Waals surface area contributed by atoms with Gasteiger partial charge in [0, 0.05) is 18.8 Å². The maximum Gasteiger partial charge on any atom is 0.433 e. The molecule has 0 saturated heterocycles. The molecule has 0 amide bonds. The highest BCUT2D eigenvalue weighted by atomic mass is 19.4. The lowest BCUT2D eigenvalue weighted by molar-refractivity contribution is -0.141. The summed E-state index contributed by atoms with van der Waals surface area (Å²) in [6.07, 6.45) is -1.57. The molecule has 1 aliphatic carbocycles. The second-order valence-electron chi connectivity index (χ2n) is 3.89. The molecule has 1 heterocycles. The molecular weight excluding hydrogens is 235 g/mol. The Balaban J connectivity index is 2.24. The summed E-state index contributed by atoms with van der Waals surface area (Å²) in [7, 11) is 0. The molecule has 0 aliphatic heterocycles. The number of alkyl halides is 3. The van der Waals surface area contributed by atoms with Gasteiger partial charge in [-0.2, -0.15) is 13.2 Å². The van der Waals surface area contributed by atoms with Crippen LogP contribution in [0.25, 0.3) is 0 Å². The number of aliphatic hydroxyl groups excluding tert-OH is 1. The summed E-state index contributed by atoms with van der Waals surface area (Å²) in [4.78, 5) is 8.96. The second-order valence-corrected chi connectivity index (χ2v) is 3.89. The first-order chi connectivity index (χ1) is 8.02. The molecule has 0 bridgehead atoms. The largest absolute Gasteiger partial charge is 0.433 e. The molecule has 94 valence electrons. The Labute approximate surface area is 96.1 Å². The molecule has 1 aromatic rings. The number of rotatable bonds is 4. The van der Waals surface area contributed by atoms with Gasteiger partial charge in [-0.15, -0.1) is 0 Å². The zero-order chi connectivity index (χ0) is 12.5. The maximum absolute atomic E-state index is 12.5. The highest BCUT2D eigenvalue weighted by Gasteiger charge is 2.35. The van der Waals surface area contributed by atoms with Crippen LogP contribution in [0.15, 0.2) is 12.3 Å². The molecule has 17 heavy (non-hydrogen) atoms. The van der Waals surface area contributed by atoms with Gasteiger partial charge in [-0.05, 0) is 18.9 Å². The highest BCUT2D eigenvalue weighted by molar-refractivity contribution is 5.34. The Kier molecular flexibility index (Phi) is 3.19. The molecule has 2 rings (SSSR count). The SMILES string of the molecule is OCCN(c1nccc(C(F)(F)F)n1)C1CC1. The van der Waals surface area contributed by atoms with E-state index >= 15 is 0 Å². The van der Waals surface area contributed by atoms with Crippen molar-refractivity contribution in [2.45, 2.75) is 25.1 Å². The van der Waals surface area contributed by atoms with Gasteiger partial charge in [0.25, 0.3) is 0 Å². The van der Waals surface area contributed by atoms with Gasteiger partial charge in [-0.1, -0.05) is 0 Å². The van der Waals surface area contributed by atoms with Gasteiger partial charge in [-0.3, -0.25) is 0 Å². The van der Waals surface area contributed by atoms with Gasteiger partial charge >= 0.3 is 6.18 Å². The molecule has 0 aromatic carbocycles. The fourth-order valence-corrected chi connectivity index (χ4v) is 1.58. The van der Waals surface area contributed by atoms with E-state index in [1.54, 1.807) is 4.90 Å². The van der Waals surface area contributed by atoms with Crippen molar-refractivity contribution in [2.75, 3.05) is 18.1 Å². The summed E-state index contributed by atoms with van der Waals surface area (Å²) in [5, 5.41) is 8.88. The van der Waals surface area contributed by atoms with Crippen molar-refractivity contribution >= 4 is 5.95 Å². The van der Waals surface area contributed by atoms with Crippen LogP contribution < -0.4 is 4.90 Å². The third-order valence-electron chi connectivity index (χ3n) is 2.52. The predicted molar refractivity (Wildman–Crippen MR) is 54.5 cm³/mol. The summed E-state index contributed by atoms with van der Waals surface area (Å²) in [6.45, 7) is 0.127. The summed E-state index contributed by atoms with van der Waals surface area (Å²) < 4.78 is 37.4. The summed E-state index contributed by atoms with van der Waals surface area (Å²) in [6, 6.07) is 0.999. The van der Waals surface area contributed by atoms with Gasteiger partial charge in [0.1, 0.15) is 5.69 Å². The number of aliphatic hydroxyl groups is 1. The molecule has 0 radical (unpaired) electrons. The van der Waals surface area contributed by atoms with E-state index in [-0.39, 0.29) is 25.1 Å². The lowest BCUT2D eigenvalue weighted by Crippen LogP contribution is -2.31. The minimum absolute atomic E-state index is 0.0383. The maximum atomic E-state index is 12.5. The van der Waals surface area contributed by atoms with Gasteiger partial charge in [0.15, 0.2) is 0 Å². The number of aromatic nitrogens is 2. The van der Waals surface area contributed by atoms with Crippen LogP contribution in [0.4, 0.5) is 19.1 Å². The quantitative estimate of drug-likeness (QED) is 0.875. The zero-order valence-electron chi connectivity index (χ0n) is 8.98. The van der Waals surface area contributed by atoms with E-state index in [9.17, 15) is 13.2 Å². The zero-order valence-corrected chi connectivity index (χ0v) is 8.98. The van der Waals surface area contributed by atoms with Crippen molar-refractivity contribution in [1.29, 1.82) is 0 Å². The van der Waals surface area contributed by atoms with Crippen LogP contribution in [0.2, 0.25) is 0 Å². The minimum Gasteiger partial charge on any atom is -0.395 e. The van der Waals surface area contributed by atoms with E-state index in [2.05, 4.69) is 9.97 Å². The van der Waals surface area contributed by atoms with E-state index in [0.29, 0.717) is 0 Å². The van der Waals surface area contributed by atoms with E-state index in [4.69, 9.17) is 5.11 Å². The van der Waals surface area contributed by atoms with Crippen LogP contribution in [0.5, 0.6) is 0 Å². The van der Waals surface area contributed by atoms with E-state index in [1.807, 2.05) is 0 Å². The molecule has 0 spiro atoms. The third-order valence-corrected chi connectivity index (χ3v) is 2.52. The van der Waals surface area contributed by atoms with Crippen molar-refractivity contribution in [3.63, 3.8) is 0 Å². The van der Waals surface area contributed by atoms with Crippen LogP contribution >= 0.6 is 0 Å². The van der Waals surface area contributed by atoms with Crippen molar-refractivity contribution in [3.8, 4) is 0 Å². The minimum atomic E-state index is -4.47. The Hall–Kier alpha value is -1.37. The monoisotopic (exact) mass is 247 g/mol. The van der Waals surface area contributed by atoms with Crippen LogP contribution in [-0.4, -0.2) is 34.3 Å². The standard InChI is InChI=1S/C10H12F3N3O/c11-10(12,13)8-3-4-14-9(15-8)16(5-6-17)7-1-2-7/h3-4,7,17H,1-2,5-6H2. The smallest absolute Gasteiger partial charge is 0.395 e. The Morgan fingerprint density at radius 3 is 2.65 bits per heavy atom. The van der Waals surface area contributed by atoms with Crippen LogP contribution in [-0.2, 0) is 6.18 Å². The molecule has 4 nitrogen and oxygen atoms in total. The highest BCUT2D eigenvalue weighted by Crippen LogP contribution is 2.32. The Morgan fingerprint density at radius 2 is 2.12 bits per heavy atom. The van der Waals surface area contributed by atoms with Crippen molar-refractivity contribution in [1.82, 2.24) is 9.97 Å². The Morgan fingerprint density at radius 1 is 1.41 bits per heavy atom. The number of hydrogen-bond acceptors (Lipinski definition) is 4. The third kappa shape index (κ3) is 2.85. The van der Waals surface area contributed by atoms with Crippen molar-refractivity contribution in [2.24, 2.45) is 0 Å². The topological polar surface area (TPSA) is 49.2 Å². The van der Waals surface area contributed by atoms with E-state index in [1.165, 1.54) is 0 Å². The summed E-state index contributed by atoms with van der Waals surface area (Å²) in [5.74, 6) is 0.0383. The molecule has 0 unspecified atom stereocenters. The Bertz CT molecular complexity index is 393. The van der Waals surface area contributed by atoms with E-state index < -0.39 is 11.9 Å². The normalized spacial score (nSPS) is 16.0. The van der Waals surface area contributed by atoms with Crippen LogP contribution in [0.3, 0.4) is 0 Å². The summed E-state index contributed by atoms with van der Waals surface area (Å²) >= 11 is 0. The average Bonchev–Trinajstić information content (AvgIpc) is 3.09. The lowest BCUT2D eigenvalue weighted by atomic mass is 10.4. The lowest BCUT2D eigenvalue weighted by Gasteiger charge is -2.21. The van der Waals surface area contributed by atoms with E-state index in [0.717, 1.165) is 25.1 Å². The predicted octanol–water partition coefficient (Wildman–Crippen LogP) is 1.46. The first-order valence-electron chi connectivity index (χ1n) is 5.30. The molecule has 7 heteroatoms. The number of nitrogens with zero attached hydrogens (tertiary/aromatic N) is 3. The second kappa shape index (κ2) is 4.48. The first-order valence-corrected chi connectivity index (χ1v) is 5.30. The fraction of sp³-hybridized carbons (Fsp3) is 0.600. The van der Waals surface area contributed by atoms with Gasteiger partial charge in [0.05, 0.1) is 6.61 Å². The van der Waals surface area contributed by atoms with Crippen molar-refractivity contribution in [3.05, 3.63) is 18.0 Å². The van der Waals surface area contributed by atoms with Gasteiger partial charge in [0.2, 0.25) is 5.95 Å². The molecule has 1 aromatic heterocycles. The molecule has 1 N–H and O–H groups in total. The molecule has 1 aliphatic rings.